The molecular formula is C10H10F3NO3. The molecule has 1 aliphatic carbocycles. The Balaban J connectivity index is 1.83. The van der Waals surface area contributed by atoms with Crippen LogP contribution in [0.2, 0.25) is 0 Å². The van der Waals surface area contributed by atoms with E-state index in [4.69, 9.17) is 4.74 Å². The molecule has 0 aromatic heterocycles. The van der Waals surface area contributed by atoms with Crippen LogP contribution in [0, 0.1) is 5.41 Å². The quantitative estimate of drug-likeness (QED) is 0.647. The number of ether oxygens (including phenoxy) is 1. The Kier molecular flexibility index (Phi) is 1.88. The lowest BCUT2D eigenvalue weighted by Crippen LogP contribution is -2.50. The lowest BCUT2D eigenvalue weighted by atomic mass is 10.0. The first-order valence-corrected chi connectivity index (χ1v) is 5.43. The number of halogens is 3. The number of morpholine rings is 1. The Hall–Kier alpha value is -1.27. The van der Waals surface area contributed by atoms with Crippen molar-refractivity contribution in [1.82, 2.24) is 4.90 Å². The molecular weight excluding hydrogens is 239 g/mol. The Bertz CT molecular complexity index is 402. The summed E-state index contributed by atoms with van der Waals surface area (Å²) in [5.74, 6) is -1.53. The standard InChI is InChI=1S/C10H10F3NO3/c11-10(12,13)9(1-2-9)8(16)14-4-5-3-6(14)7(15)17-5/h5-6H,1-4H2/t5-,6-/m0/s1. The number of amides is 1. The zero-order valence-corrected chi connectivity index (χ0v) is 8.79. The van der Waals surface area contributed by atoms with Gasteiger partial charge in [-0.05, 0) is 12.8 Å². The summed E-state index contributed by atoms with van der Waals surface area (Å²) in [5.41, 5.74) is -2.22. The van der Waals surface area contributed by atoms with E-state index < -0.39 is 35.6 Å². The fraction of sp³-hybridized carbons (Fsp3) is 0.800. The molecule has 2 saturated heterocycles. The highest BCUT2D eigenvalue weighted by atomic mass is 19.4. The second-order valence-corrected chi connectivity index (χ2v) is 4.85. The van der Waals surface area contributed by atoms with Gasteiger partial charge >= 0.3 is 12.1 Å². The molecule has 0 spiro atoms. The molecule has 17 heavy (non-hydrogen) atoms. The SMILES string of the molecule is O=C1O[C@H]2C[C@@H]1N(C(=O)C1(C(F)(F)F)CC1)C2. The van der Waals surface area contributed by atoms with Crippen LogP contribution in [0.1, 0.15) is 19.3 Å². The van der Waals surface area contributed by atoms with Crippen LogP contribution < -0.4 is 0 Å². The minimum absolute atomic E-state index is 0.104. The first kappa shape index (κ1) is 10.9. The molecule has 1 amide bonds. The lowest BCUT2D eigenvalue weighted by molar-refractivity contribution is -0.201. The zero-order chi connectivity index (χ0) is 12.4. The molecule has 2 aliphatic heterocycles. The van der Waals surface area contributed by atoms with E-state index in [9.17, 15) is 22.8 Å². The fourth-order valence-electron chi connectivity index (χ4n) is 2.59. The van der Waals surface area contributed by atoms with Gasteiger partial charge in [-0.15, -0.1) is 0 Å². The van der Waals surface area contributed by atoms with Gasteiger partial charge in [0.1, 0.15) is 17.6 Å². The van der Waals surface area contributed by atoms with Gasteiger partial charge in [0.25, 0.3) is 0 Å². The minimum atomic E-state index is -4.52. The molecule has 94 valence electrons. The highest BCUT2D eigenvalue weighted by Crippen LogP contribution is 2.59. The van der Waals surface area contributed by atoms with Crippen molar-refractivity contribution in [3.8, 4) is 0 Å². The third kappa shape index (κ3) is 1.31. The third-order valence-corrected chi connectivity index (χ3v) is 3.78. The van der Waals surface area contributed by atoms with Crippen molar-refractivity contribution in [3.05, 3.63) is 0 Å². The maximum absolute atomic E-state index is 12.8. The molecule has 0 radical (unpaired) electrons. The van der Waals surface area contributed by atoms with E-state index in [2.05, 4.69) is 0 Å². The van der Waals surface area contributed by atoms with Crippen molar-refractivity contribution in [2.24, 2.45) is 5.41 Å². The largest absolute Gasteiger partial charge is 0.459 e. The second-order valence-electron chi connectivity index (χ2n) is 4.85. The van der Waals surface area contributed by atoms with Crippen LogP contribution in [0.15, 0.2) is 0 Å². The topological polar surface area (TPSA) is 46.6 Å². The van der Waals surface area contributed by atoms with E-state index >= 15 is 0 Å². The predicted molar refractivity (Wildman–Crippen MR) is 47.7 cm³/mol. The minimum Gasteiger partial charge on any atom is -0.459 e. The van der Waals surface area contributed by atoms with Crippen molar-refractivity contribution in [2.45, 2.75) is 37.6 Å². The number of carbonyl (C=O) groups excluding carboxylic acids is 2. The molecule has 1 saturated carbocycles. The van der Waals surface area contributed by atoms with Gasteiger partial charge in [-0.2, -0.15) is 13.2 Å². The molecule has 0 aromatic carbocycles. The number of alkyl halides is 3. The monoisotopic (exact) mass is 249 g/mol. The van der Waals surface area contributed by atoms with Crippen molar-refractivity contribution < 1.29 is 27.5 Å². The number of esters is 1. The molecule has 3 aliphatic rings. The van der Waals surface area contributed by atoms with Crippen molar-refractivity contribution in [2.75, 3.05) is 6.54 Å². The fourth-order valence-corrected chi connectivity index (χ4v) is 2.59. The van der Waals surface area contributed by atoms with Crippen LogP contribution in [0.25, 0.3) is 0 Å². The summed E-state index contributed by atoms with van der Waals surface area (Å²) < 4.78 is 43.2. The van der Waals surface area contributed by atoms with Gasteiger partial charge in [0.2, 0.25) is 5.91 Å². The highest BCUT2D eigenvalue weighted by molar-refractivity contribution is 5.92. The summed E-state index contributed by atoms with van der Waals surface area (Å²) >= 11 is 0. The second kappa shape index (κ2) is 2.94. The molecule has 2 bridgehead atoms. The third-order valence-electron chi connectivity index (χ3n) is 3.78. The molecule has 0 N–H and O–H groups in total. The van der Waals surface area contributed by atoms with Crippen molar-refractivity contribution >= 4 is 11.9 Å². The zero-order valence-electron chi connectivity index (χ0n) is 8.79. The first-order chi connectivity index (χ1) is 7.85. The lowest BCUT2D eigenvalue weighted by Gasteiger charge is -2.30. The van der Waals surface area contributed by atoms with Gasteiger partial charge in [-0.25, -0.2) is 4.79 Å². The number of likely N-dealkylation sites (tertiary alicyclic amines) is 1. The normalized spacial score (nSPS) is 33.8. The van der Waals surface area contributed by atoms with E-state index in [1.165, 1.54) is 0 Å². The Labute approximate surface area is 94.7 Å². The van der Waals surface area contributed by atoms with Gasteiger partial charge in [-0.1, -0.05) is 0 Å². The van der Waals surface area contributed by atoms with Crippen LogP contribution in [0.5, 0.6) is 0 Å². The molecule has 2 atom stereocenters. The Morgan fingerprint density at radius 1 is 1.41 bits per heavy atom. The molecule has 3 fully saturated rings. The highest BCUT2D eigenvalue weighted by Gasteiger charge is 2.71. The van der Waals surface area contributed by atoms with E-state index in [0.717, 1.165) is 4.90 Å². The van der Waals surface area contributed by atoms with E-state index in [1.807, 2.05) is 0 Å². The summed E-state index contributed by atoms with van der Waals surface area (Å²) in [7, 11) is 0. The molecule has 4 nitrogen and oxygen atoms in total. The number of fused-ring (bicyclic) bond motifs is 2. The molecule has 7 heteroatoms. The van der Waals surface area contributed by atoms with Gasteiger partial charge in [-0.3, -0.25) is 4.79 Å². The molecule has 2 heterocycles. The summed E-state index contributed by atoms with van der Waals surface area (Å²) in [6.07, 6.45) is -4.94. The summed E-state index contributed by atoms with van der Waals surface area (Å²) in [4.78, 5) is 24.2. The van der Waals surface area contributed by atoms with Gasteiger partial charge < -0.3 is 9.64 Å². The maximum atomic E-state index is 12.8. The number of nitrogens with zero attached hydrogens (tertiary/aromatic N) is 1. The van der Waals surface area contributed by atoms with Gasteiger partial charge in [0.05, 0.1) is 6.54 Å². The van der Waals surface area contributed by atoms with E-state index in [1.54, 1.807) is 0 Å². The smallest absolute Gasteiger partial charge is 0.403 e. The number of hydrogen-bond donors (Lipinski definition) is 0. The Morgan fingerprint density at radius 2 is 2.06 bits per heavy atom. The van der Waals surface area contributed by atoms with Crippen LogP contribution >= 0.6 is 0 Å². The maximum Gasteiger partial charge on any atom is 0.403 e. The Morgan fingerprint density at radius 3 is 2.47 bits per heavy atom. The van der Waals surface area contributed by atoms with Crippen LogP contribution in [-0.2, 0) is 14.3 Å². The van der Waals surface area contributed by atoms with E-state index in [0.29, 0.717) is 6.42 Å². The van der Waals surface area contributed by atoms with Crippen LogP contribution in [0.4, 0.5) is 13.2 Å². The van der Waals surface area contributed by atoms with Crippen molar-refractivity contribution in [1.29, 1.82) is 0 Å². The summed E-state index contributed by atoms with van der Waals surface area (Å²) in [6.45, 7) is 0.104. The van der Waals surface area contributed by atoms with Gasteiger partial charge in [0.15, 0.2) is 0 Å². The van der Waals surface area contributed by atoms with Crippen LogP contribution in [-0.4, -0.2) is 41.6 Å². The molecule has 3 rings (SSSR count). The molecule has 0 unspecified atom stereocenters. The first-order valence-electron chi connectivity index (χ1n) is 5.43. The average molecular weight is 249 g/mol. The van der Waals surface area contributed by atoms with Crippen molar-refractivity contribution in [3.63, 3.8) is 0 Å². The average Bonchev–Trinajstić information content (AvgIpc) is 2.85. The predicted octanol–water partition coefficient (Wildman–Crippen LogP) is 0.855. The van der Waals surface area contributed by atoms with Gasteiger partial charge in [0, 0.05) is 6.42 Å². The van der Waals surface area contributed by atoms with Crippen LogP contribution in [0.3, 0.4) is 0 Å². The number of rotatable bonds is 1. The van der Waals surface area contributed by atoms with E-state index in [-0.39, 0.29) is 19.4 Å². The molecule has 0 aromatic rings. The number of hydrogen-bond acceptors (Lipinski definition) is 3. The summed E-state index contributed by atoms with van der Waals surface area (Å²) in [6, 6.07) is -0.799. The number of carbonyl (C=O) groups is 2. The summed E-state index contributed by atoms with van der Waals surface area (Å²) in [5, 5.41) is 0.